The van der Waals surface area contributed by atoms with Gasteiger partial charge in [0.25, 0.3) is 5.91 Å². The van der Waals surface area contributed by atoms with E-state index in [-0.39, 0.29) is 24.4 Å². The zero-order valence-corrected chi connectivity index (χ0v) is 16.5. The zero-order valence-electron chi connectivity index (χ0n) is 15.6. The van der Waals surface area contributed by atoms with Crippen molar-refractivity contribution in [3.8, 4) is 0 Å². The van der Waals surface area contributed by atoms with Gasteiger partial charge in [-0.25, -0.2) is 10.5 Å². The summed E-state index contributed by atoms with van der Waals surface area (Å²) in [6.07, 6.45) is 11.7. The van der Waals surface area contributed by atoms with Crippen LogP contribution < -0.4 is 16.1 Å². The van der Waals surface area contributed by atoms with E-state index in [1.165, 1.54) is 56.1 Å². The van der Waals surface area contributed by atoms with Crippen molar-refractivity contribution in [3.63, 3.8) is 0 Å². The first-order chi connectivity index (χ1) is 12.5. The third kappa shape index (κ3) is 7.52. The lowest BCUT2D eigenvalue weighted by Gasteiger charge is -2.29. The number of rotatable bonds is 7. The average molecular weight is 398 g/mol. The molecular formula is C18H28ClN5O3. The first kappa shape index (κ1) is 22.9. The maximum absolute atomic E-state index is 12.4. The number of amides is 2. The molecular weight excluding hydrogens is 370 g/mol. The monoisotopic (exact) mass is 397 g/mol. The van der Waals surface area contributed by atoms with Crippen LogP contribution in [0.2, 0.25) is 0 Å². The highest BCUT2D eigenvalue weighted by atomic mass is 35.5. The van der Waals surface area contributed by atoms with Gasteiger partial charge in [0.05, 0.1) is 18.1 Å². The standard InChI is InChI=1S/C18H27N5O3.ClH/c1-12(14-6-4-3-5-7-14)22-18(25)13(2)21-16-11-19-15(10-20-16)8-9-17(24)23-26;/h8-14,26H,3-7H2,1-2H3,(H,20,21)(H,22,25)(H,23,24);1H/b9-8+;/t12-,13-;/m1./s1. The van der Waals surface area contributed by atoms with Crippen molar-refractivity contribution in [2.75, 3.05) is 5.32 Å². The lowest BCUT2D eigenvalue weighted by molar-refractivity contribution is -0.124. The van der Waals surface area contributed by atoms with Crippen molar-refractivity contribution >= 4 is 36.1 Å². The van der Waals surface area contributed by atoms with Gasteiger partial charge in [0.2, 0.25) is 5.91 Å². The van der Waals surface area contributed by atoms with Crippen LogP contribution in [0.1, 0.15) is 51.6 Å². The van der Waals surface area contributed by atoms with Crippen LogP contribution in [0.15, 0.2) is 18.5 Å². The molecule has 1 aliphatic rings. The Kier molecular flexibility index (Phi) is 9.74. The summed E-state index contributed by atoms with van der Waals surface area (Å²) in [6.45, 7) is 3.86. The van der Waals surface area contributed by atoms with Gasteiger partial charge in [-0.05, 0) is 38.7 Å². The summed E-state index contributed by atoms with van der Waals surface area (Å²) in [5.41, 5.74) is 1.95. The quantitative estimate of drug-likeness (QED) is 0.318. The van der Waals surface area contributed by atoms with Crippen molar-refractivity contribution in [3.05, 3.63) is 24.2 Å². The molecule has 1 fully saturated rings. The van der Waals surface area contributed by atoms with E-state index < -0.39 is 11.9 Å². The van der Waals surface area contributed by atoms with Gasteiger partial charge >= 0.3 is 0 Å². The molecule has 27 heavy (non-hydrogen) atoms. The van der Waals surface area contributed by atoms with E-state index >= 15 is 0 Å². The fourth-order valence-corrected chi connectivity index (χ4v) is 3.09. The Morgan fingerprint density at radius 1 is 1.19 bits per heavy atom. The van der Waals surface area contributed by atoms with E-state index in [1.54, 1.807) is 6.92 Å². The third-order valence-electron chi connectivity index (χ3n) is 4.67. The van der Waals surface area contributed by atoms with Gasteiger partial charge in [-0.3, -0.25) is 19.8 Å². The van der Waals surface area contributed by atoms with Crippen molar-refractivity contribution in [1.82, 2.24) is 20.8 Å². The van der Waals surface area contributed by atoms with Gasteiger partial charge < -0.3 is 10.6 Å². The molecule has 1 heterocycles. The Morgan fingerprint density at radius 3 is 2.48 bits per heavy atom. The summed E-state index contributed by atoms with van der Waals surface area (Å²) in [5.74, 6) is 0.323. The first-order valence-electron chi connectivity index (χ1n) is 9.00. The minimum atomic E-state index is -0.647. The predicted octanol–water partition coefficient (Wildman–Crippen LogP) is 2.30. The highest BCUT2D eigenvalue weighted by molar-refractivity contribution is 5.90. The van der Waals surface area contributed by atoms with Crippen LogP contribution in [0.4, 0.5) is 5.82 Å². The number of carbonyl (C=O) groups excluding carboxylic acids is 2. The number of carbonyl (C=O) groups is 2. The summed E-state index contributed by atoms with van der Waals surface area (Å²) in [5, 5.41) is 14.5. The molecule has 0 spiro atoms. The molecule has 9 heteroatoms. The van der Waals surface area contributed by atoms with Gasteiger partial charge in [-0.15, -0.1) is 12.4 Å². The summed E-state index contributed by atoms with van der Waals surface area (Å²) < 4.78 is 0. The fourth-order valence-electron chi connectivity index (χ4n) is 3.09. The van der Waals surface area contributed by atoms with Crippen molar-refractivity contribution < 1.29 is 14.8 Å². The molecule has 1 aromatic rings. The molecule has 0 radical (unpaired) electrons. The first-order valence-corrected chi connectivity index (χ1v) is 9.00. The minimum Gasteiger partial charge on any atom is -0.357 e. The SMILES string of the molecule is C[C@@H](Nc1cnc(/C=C/C(=O)NO)cn1)C(=O)N[C@H](C)C1CCCCC1.Cl. The van der Waals surface area contributed by atoms with E-state index in [9.17, 15) is 9.59 Å². The maximum Gasteiger partial charge on any atom is 0.267 e. The van der Waals surface area contributed by atoms with E-state index in [1.807, 2.05) is 0 Å². The second kappa shape index (κ2) is 11.5. The van der Waals surface area contributed by atoms with Gasteiger partial charge in [0, 0.05) is 12.1 Å². The number of nitrogens with zero attached hydrogens (tertiary/aromatic N) is 2. The third-order valence-corrected chi connectivity index (χ3v) is 4.67. The van der Waals surface area contributed by atoms with Crippen LogP contribution in [-0.2, 0) is 9.59 Å². The van der Waals surface area contributed by atoms with Crippen molar-refractivity contribution in [1.29, 1.82) is 0 Å². The maximum atomic E-state index is 12.4. The molecule has 2 rings (SSSR count). The van der Waals surface area contributed by atoms with Crippen LogP contribution in [0.5, 0.6) is 0 Å². The second-order valence-electron chi connectivity index (χ2n) is 6.70. The van der Waals surface area contributed by atoms with E-state index in [4.69, 9.17) is 5.21 Å². The van der Waals surface area contributed by atoms with Gasteiger partial charge in [0.1, 0.15) is 11.9 Å². The van der Waals surface area contributed by atoms with Gasteiger partial charge in [-0.2, -0.15) is 0 Å². The van der Waals surface area contributed by atoms with Gasteiger partial charge in [0.15, 0.2) is 0 Å². The molecule has 0 bridgehead atoms. The van der Waals surface area contributed by atoms with Crippen molar-refractivity contribution in [2.45, 2.75) is 58.0 Å². The summed E-state index contributed by atoms with van der Waals surface area (Å²) in [7, 11) is 0. The molecule has 8 nitrogen and oxygen atoms in total. The molecule has 1 aromatic heterocycles. The molecule has 150 valence electrons. The Balaban J connectivity index is 0.00000364. The summed E-state index contributed by atoms with van der Waals surface area (Å²) in [6, 6.07) is -0.264. The highest BCUT2D eigenvalue weighted by Crippen LogP contribution is 2.26. The highest BCUT2D eigenvalue weighted by Gasteiger charge is 2.23. The Labute approximate surface area is 165 Å². The van der Waals surface area contributed by atoms with Gasteiger partial charge in [-0.1, -0.05) is 19.3 Å². The number of aromatic nitrogens is 2. The lowest BCUT2D eigenvalue weighted by atomic mass is 9.84. The topological polar surface area (TPSA) is 116 Å². The Hall–Kier alpha value is -2.19. The van der Waals surface area contributed by atoms with E-state index in [0.29, 0.717) is 17.4 Å². The van der Waals surface area contributed by atoms with E-state index in [2.05, 4.69) is 27.5 Å². The number of hydrogen-bond acceptors (Lipinski definition) is 6. The molecule has 0 aliphatic heterocycles. The summed E-state index contributed by atoms with van der Waals surface area (Å²) in [4.78, 5) is 31.6. The molecule has 2 amide bonds. The van der Waals surface area contributed by atoms with Crippen LogP contribution in [-0.4, -0.2) is 39.1 Å². The lowest BCUT2D eigenvalue weighted by Crippen LogP contribution is -2.45. The number of hydrogen-bond donors (Lipinski definition) is 4. The van der Waals surface area contributed by atoms with Crippen LogP contribution >= 0.6 is 12.4 Å². The second-order valence-corrected chi connectivity index (χ2v) is 6.70. The Morgan fingerprint density at radius 2 is 1.89 bits per heavy atom. The average Bonchev–Trinajstić information content (AvgIpc) is 2.67. The molecule has 1 aliphatic carbocycles. The molecule has 1 saturated carbocycles. The summed E-state index contributed by atoms with van der Waals surface area (Å²) >= 11 is 0. The van der Waals surface area contributed by atoms with Crippen molar-refractivity contribution in [2.24, 2.45) is 5.92 Å². The van der Waals surface area contributed by atoms with E-state index in [0.717, 1.165) is 6.08 Å². The number of halogens is 1. The Bertz CT molecular complexity index is 632. The smallest absolute Gasteiger partial charge is 0.267 e. The molecule has 2 atom stereocenters. The molecule has 0 aromatic carbocycles. The van der Waals surface area contributed by atoms with Crippen LogP contribution in [0.3, 0.4) is 0 Å². The molecule has 4 N–H and O–H groups in total. The largest absolute Gasteiger partial charge is 0.357 e. The normalized spacial score (nSPS) is 16.9. The predicted molar refractivity (Wildman–Crippen MR) is 106 cm³/mol. The minimum absolute atomic E-state index is 0. The number of anilines is 1. The van der Waals surface area contributed by atoms with Crippen LogP contribution in [0.25, 0.3) is 6.08 Å². The number of nitrogens with one attached hydrogen (secondary N) is 3. The zero-order chi connectivity index (χ0) is 18.9. The molecule has 0 unspecified atom stereocenters. The number of hydroxylamine groups is 1. The van der Waals surface area contributed by atoms with Crippen LogP contribution in [0, 0.1) is 5.92 Å². The fraction of sp³-hybridized carbons (Fsp3) is 0.556. The molecule has 0 saturated heterocycles.